The number of benzene rings is 2. The SMILES string of the molecule is CCCc1cc(CN2CC3(CC(C4CCC(C)(C(N)=O)CC4)=NO3)C2)ccc1-c1ccc(F)cc1. The van der Waals surface area contributed by atoms with Crippen molar-refractivity contribution in [2.75, 3.05) is 13.1 Å². The lowest BCUT2D eigenvalue weighted by Gasteiger charge is -2.45. The second-order valence-electron chi connectivity index (χ2n) is 11.1. The molecule has 2 N–H and O–H groups in total. The first-order valence-corrected chi connectivity index (χ1v) is 12.9. The molecule has 1 aliphatic carbocycles. The fourth-order valence-corrected chi connectivity index (χ4v) is 6.04. The highest BCUT2D eigenvalue weighted by Gasteiger charge is 2.51. The van der Waals surface area contributed by atoms with E-state index in [4.69, 9.17) is 10.6 Å². The summed E-state index contributed by atoms with van der Waals surface area (Å²) in [5, 5.41) is 4.51. The van der Waals surface area contributed by atoms with E-state index in [1.54, 1.807) is 0 Å². The number of amides is 1. The molecule has 2 heterocycles. The molecule has 0 atom stereocenters. The van der Waals surface area contributed by atoms with Crippen LogP contribution in [0.5, 0.6) is 0 Å². The maximum Gasteiger partial charge on any atom is 0.223 e. The second-order valence-corrected chi connectivity index (χ2v) is 11.1. The van der Waals surface area contributed by atoms with E-state index in [-0.39, 0.29) is 22.7 Å². The van der Waals surface area contributed by atoms with Gasteiger partial charge < -0.3 is 10.6 Å². The highest BCUT2D eigenvalue weighted by Crippen LogP contribution is 2.43. The number of carbonyl (C=O) groups excluding carboxylic acids is 1. The van der Waals surface area contributed by atoms with Crippen LogP contribution in [0.15, 0.2) is 47.6 Å². The molecule has 2 fully saturated rings. The quantitative estimate of drug-likeness (QED) is 0.576. The zero-order valence-corrected chi connectivity index (χ0v) is 20.9. The first-order valence-electron chi connectivity index (χ1n) is 12.9. The van der Waals surface area contributed by atoms with Crippen molar-refractivity contribution in [2.24, 2.45) is 22.2 Å². The van der Waals surface area contributed by atoms with Gasteiger partial charge in [0.1, 0.15) is 5.82 Å². The lowest BCUT2D eigenvalue weighted by molar-refractivity contribution is -0.129. The number of nitrogens with two attached hydrogens (primary N) is 1. The molecule has 3 aliphatic rings. The predicted octanol–water partition coefficient (Wildman–Crippen LogP) is 5.46. The van der Waals surface area contributed by atoms with Gasteiger partial charge in [0, 0.05) is 37.4 Å². The Morgan fingerprint density at radius 2 is 1.89 bits per heavy atom. The minimum Gasteiger partial charge on any atom is -0.386 e. The van der Waals surface area contributed by atoms with E-state index >= 15 is 0 Å². The van der Waals surface area contributed by atoms with Crippen LogP contribution in [-0.2, 0) is 22.6 Å². The Morgan fingerprint density at radius 1 is 1.17 bits per heavy atom. The minimum atomic E-state index is -0.371. The van der Waals surface area contributed by atoms with Gasteiger partial charge >= 0.3 is 0 Å². The first kappa shape index (κ1) is 24.0. The van der Waals surface area contributed by atoms with Gasteiger partial charge in [-0.25, -0.2) is 4.39 Å². The van der Waals surface area contributed by atoms with Crippen molar-refractivity contribution in [1.29, 1.82) is 0 Å². The smallest absolute Gasteiger partial charge is 0.223 e. The Bertz CT molecular complexity index is 1110. The molecule has 0 unspecified atom stereocenters. The molecular weight excluding hydrogens is 441 g/mol. The van der Waals surface area contributed by atoms with Gasteiger partial charge in [-0.05, 0) is 66.5 Å². The molecule has 2 aromatic carbocycles. The largest absolute Gasteiger partial charge is 0.386 e. The van der Waals surface area contributed by atoms with E-state index in [2.05, 4.69) is 35.2 Å². The molecule has 0 aromatic heterocycles. The molecule has 186 valence electrons. The molecular formula is C29H36FN3O2. The van der Waals surface area contributed by atoms with E-state index in [1.807, 2.05) is 19.1 Å². The standard InChI is InChI=1S/C29H36FN3O2/c1-3-4-23-15-20(5-10-25(23)21-6-8-24(30)9-7-21)17-33-18-29(19-33)16-26(32-35-29)22-11-13-28(2,14-12-22)27(31)34/h5-10,15,22H,3-4,11-14,16-19H2,1-2H3,(H2,31,34). The van der Waals surface area contributed by atoms with E-state index < -0.39 is 0 Å². The third kappa shape index (κ3) is 4.86. The Morgan fingerprint density at radius 3 is 2.54 bits per heavy atom. The van der Waals surface area contributed by atoms with Crippen LogP contribution in [0.4, 0.5) is 4.39 Å². The number of halogens is 1. The molecule has 1 saturated heterocycles. The Balaban J connectivity index is 1.17. The monoisotopic (exact) mass is 477 g/mol. The van der Waals surface area contributed by atoms with Crippen molar-refractivity contribution in [2.45, 2.75) is 70.9 Å². The highest BCUT2D eigenvalue weighted by atomic mass is 19.1. The molecule has 2 aromatic rings. The highest BCUT2D eigenvalue weighted by molar-refractivity contribution is 5.89. The second kappa shape index (κ2) is 9.38. The number of hydrogen-bond donors (Lipinski definition) is 1. The van der Waals surface area contributed by atoms with Crippen molar-refractivity contribution < 1.29 is 14.0 Å². The van der Waals surface area contributed by atoms with Crippen LogP contribution in [0.3, 0.4) is 0 Å². The number of primary amides is 1. The Kier molecular flexibility index (Phi) is 6.43. The molecule has 1 spiro atoms. The minimum absolute atomic E-state index is 0.180. The molecule has 5 nitrogen and oxygen atoms in total. The van der Waals surface area contributed by atoms with Gasteiger partial charge in [0.25, 0.3) is 0 Å². The van der Waals surface area contributed by atoms with Crippen LogP contribution in [0.1, 0.15) is 63.5 Å². The fraction of sp³-hybridized carbons (Fsp3) is 0.517. The Labute approximate surface area is 207 Å². The van der Waals surface area contributed by atoms with Crippen LogP contribution in [0, 0.1) is 17.2 Å². The van der Waals surface area contributed by atoms with Crippen molar-refractivity contribution in [3.63, 3.8) is 0 Å². The van der Waals surface area contributed by atoms with Crippen LogP contribution in [0.2, 0.25) is 0 Å². The van der Waals surface area contributed by atoms with E-state index in [1.165, 1.54) is 34.5 Å². The van der Waals surface area contributed by atoms with E-state index in [0.29, 0.717) is 5.92 Å². The summed E-state index contributed by atoms with van der Waals surface area (Å²) in [6.45, 7) is 6.84. The number of aryl methyl sites for hydroxylation is 1. The maximum atomic E-state index is 13.4. The lowest BCUT2D eigenvalue weighted by atomic mass is 9.69. The van der Waals surface area contributed by atoms with Crippen LogP contribution < -0.4 is 5.73 Å². The van der Waals surface area contributed by atoms with Gasteiger partial charge in [0.15, 0.2) is 5.60 Å². The molecule has 0 bridgehead atoms. The van der Waals surface area contributed by atoms with Gasteiger partial charge in [-0.2, -0.15) is 0 Å². The molecule has 2 aliphatic heterocycles. The average Bonchev–Trinajstić information content (AvgIpc) is 3.26. The van der Waals surface area contributed by atoms with Gasteiger partial charge in [-0.1, -0.05) is 55.8 Å². The maximum absolute atomic E-state index is 13.4. The van der Waals surface area contributed by atoms with Crippen molar-refractivity contribution in [1.82, 2.24) is 4.90 Å². The van der Waals surface area contributed by atoms with Gasteiger partial charge in [-0.15, -0.1) is 0 Å². The summed E-state index contributed by atoms with van der Waals surface area (Å²) in [5.74, 6) is 0.0222. The summed E-state index contributed by atoms with van der Waals surface area (Å²) < 4.78 is 13.4. The summed E-state index contributed by atoms with van der Waals surface area (Å²) in [6, 6.07) is 13.5. The number of oxime groups is 1. The topological polar surface area (TPSA) is 67.9 Å². The predicted molar refractivity (Wildman–Crippen MR) is 136 cm³/mol. The van der Waals surface area contributed by atoms with Gasteiger partial charge in [-0.3, -0.25) is 9.69 Å². The third-order valence-electron chi connectivity index (χ3n) is 8.29. The summed E-state index contributed by atoms with van der Waals surface area (Å²) in [7, 11) is 0. The summed E-state index contributed by atoms with van der Waals surface area (Å²) in [6.07, 6.45) is 6.55. The average molecular weight is 478 g/mol. The van der Waals surface area contributed by atoms with Crippen molar-refractivity contribution >= 4 is 11.6 Å². The molecule has 0 radical (unpaired) electrons. The molecule has 1 saturated carbocycles. The van der Waals surface area contributed by atoms with Crippen molar-refractivity contribution in [3.05, 3.63) is 59.4 Å². The zero-order chi connectivity index (χ0) is 24.6. The summed E-state index contributed by atoms with van der Waals surface area (Å²) in [5.41, 5.74) is 11.1. The van der Waals surface area contributed by atoms with E-state index in [0.717, 1.165) is 70.1 Å². The number of likely N-dealkylation sites (tertiary alicyclic amines) is 1. The lowest BCUT2D eigenvalue weighted by Crippen LogP contribution is -2.61. The number of rotatable bonds is 7. The third-order valence-corrected chi connectivity index (χ3v) is 8.29. The van der Waals surface area contributed by atoms with Crippen molar-refractivity contribution in [3.8, 4) is 11.1 Å². The normalized spacial score (nSPS) is 25.7. The molecule has 1 amide bonds. The Hall–Kier alpha value is -2.73. The fourth-order valence-electron chi connectivity index (χ4n) is 6.04. The van der Waals surface area contributed by atoms with Gasteiger partial charge in [0.05, 0.1) is 5.71 Å². The molecule has 35 heavy (non-hydrogen) atoms. The number of hydrogen-bond acceptors (Lipinski definition) is 4. The summed E-state index contributed by atoms with van der Waals surface area (Å²) >= 11 is 0. The number of carbonyl (C=O) groups is 1. The summed E-state index contributed by atoms with van der Waals surface area (Å²) in [4.78, 5) is 20.2. The zero-order valence-electron chi connectivity index (χ0n) is 20.9. The molecule has 6 heteroatoms. The van der Waals surface area contributed by atoms with Crippen LogP contribution in [0.25, 0.3) is 11.1 Å². The first-order chi connectivity index (χ1) is 16.8. The van der Waals surface area contributed by atoms with Crippen LogP contribution in [-0.4, -0.2) is 35.2 Å². The number of nitrogens with zero attached hydrogens (tertiary/aromatic N) is 2. The van der Waals surface area contributed by atoms with Gasteiger partial charge in [0.2, 0.25) is 5.91 Å². The van der Waals surface area contributed by atoms with E-state index in [9.17, 15) is 9.18 Å². The van der Waals surface area contributed by atoms with Crippen LogP contribution >= 0.6 is 0 Å². The molecule has 5 rings (SSSR count).